The average molecular weight is 261 g/mol. The van der Waals surface area contributed by atoms with Gasteiger partial charge in [-0.15, -0.1) is 0 Å². The lowest BCUT2D eigenvalue weighted by molar-refractivity contribution is -0.120. The second kappa shape index (κ2) is 5.73. The van der Waals surface area contributed by atoms with Crippen LogP contribution in [0.1, 0.15) is 36.5 Å². The lowest BCUT2D eigenvalue weighted by Crippen LogP contribution is -2.31. The van der Waals surface area contributed by atoms with E-state index in [2.05, 4.69) is 10.4 Å². The zero-order chi connectivity index (χ0) is 13.8. The smallest absolute Gasteiger partial charge is 0.219 e. The van der Waals surface area contributed by atoms with Crippen LogP contribution in [0.15, 0.2) is 28.9 Å². The molecule has 19 heavy (non-hydrogen) atoms. The van der Waals surface area contributed by atoms with Crippen LogP contribution in [0, 0.1) is 13.8 Å². The molecular weight excluding hydrogens is 242 g/mol. The van der Waals surface area contributed by atoms with Crippen LogP contribution in [-0.4, -0.2) is 22.2 Å². The maximum atomic E-state index is 11.4. The largest absolute Gasteiger partial charge is 0.467 e. The Morgan fingerprint density at radius 3 is 2.84 bits per heavy atom. The van der Waals surface area contributed by atoms with E-state index in [1.165, 1.54) is 0 Å². The minimum absolute atomic E-state index is 0.0260. The Hall–Kier alpha value is -2.04. The maximum Gasteiger partial charge on any atom is 0.219 e. The normalized spacial score (nSPS) is 12.4. The lowest BCUT2D eigenvalue weighted by atomic mass is 10.2. The van der Waals surface area contributed by atoms with Gasteiger partial charge in [-0.2, -0.15) is 5.10 Å². The molecule has 0 aromatic carbocycles. The van der Waals surface area contributed by atoms with E-state index in [4.69, 9.17) is 4.42 Å². The highest BCUT2D eigenvalue weighted by atomic mass is 16.3. The van der Waals surface area contributed by atoms with Crippen molar-refractivity contribution in [2.45, 2.75) is 33.2 Å². The van der Waals surface area contributed by atoms with Gasteiger partial charge in [0.15, 0.2) is 0 Å². The highest BCUT2D eigenvalue weighted by Gasteiger charge is 2.20. The number of carbonyl (C=O) groups is 1. The van der Waals surface area contributed by atoms with Gasteiger partial charge in [-0.05, 0) is 32.0 Å². The molecular formula is C14H19N3O2. The Bertz CT molecular complexity index is 543. The van der Waals surface area contributed by atoms with Crippen LogP contribution in [0.3, 0.4) is 0 Å². The SMILES string of the molecule is CCC(=O)NCC(c1ccco1)n1nc(C)cc1C. The molecule has 1 unspecified atom stereocenters. The molecule has 0 aliphatic heterocycles. The highest BCUT2D eigenvalue weighted by molar-refractivity contribution is 5.75. The zero-order valence-corrected chi connectivity index (χ0v) is 11.5. The number of furan rings is 1. The Labute approximate surface area is 112 Å². The van der Waals surface area contributed by atoms with Gasteiger partial charge in [0.2, 0.25) is 5.91 Å². The molecule has 2 aromatic rings. The van der Waals surface area contributed by atoms with Gasteiger partial charge in [-0.25, -0.2) is 0 Å². The molecule has 0 radical (unpaired) electrons. The molecule has 5 nitrogen and oxygen atoms in total. The summed E-state index contributed by atoms with van der Waals surface area (Å²) in [6.07, 6.45) is 2.11. The summed E-state index contributed by atoms with van der Waals surface area (Å²) in [5.41, 5.74) is 2.00. The summed E-state index contributed by atoms with van der Waals surface area (Å²) >= 11 is 0. The molecule has 0 fully saturated rings. The van der Waals surface area contributed by atoms with E-state index in [1.54, 1.807) is 6.26 Å². The predicted molar refractivity (Wildman–Crippen MR) is 71.8 cm³/mol. The number of aryl methyl sites for hydroxylation is 2. The average Bonchev–Trinajstić information content (AvgIpc) is 3.00. The summed E-state index contributed by atoms with van der Waals surface area (Å²) in [6.45, 7) is 6.26. The van der Waals surface area contributed by atoms with Crippen LogP contribution in [-0.2, 0) is 4.79 Å². The van der Waals surface area contributed by atoms with Gasteiger partial charge < -0.3 is 9.73 Å². The number of amides is 1. The first-order valence-electron chi connectivity index (χ1n) is 6.44. The summed E-state index contributed by atoms with van der Waals surface area (Å²) in [5, 5.41) is 7.37. The van der Waals surface area contributed by atoms with Crippen molar-refractivity contribution in [2.24, 2.45) is 0 Å². The summed E-state index contributed by atoms with van der Waals surface area (Å²) in [6, 6.07) is 5.64. The van der Waals surface area contributed by atoms with E-state index < -0.39 is 0 Å². The fraction of sp³-hybridized carbons (Fsp3) is 0.429. The molecule has 1 N–H and O–H groups in total. The van der Waals surface area contributed by atoms with Gasteiger partial charge in [-0.3, -0.25) is 9.48 Å². The number of aromatic nitrogens is 2. The van der Waals surface area contributed by atoms with Crippen LogP contribution < -0.4 is 5.32 Å². The molecule has 1 atom stereocenters. The van der Waals surface area contributed by atoms with Crippen LogP contribution >= 0.6 is 0 Å². The van der Waals surface area contributed by atoms with Crippen molar-refractivity contribution in [3.63, 3.8) is 0 Å². The monoisotopic (exact) mass is 261 g/mol. The van der Waals surface area contributed by atoms with Crippen molar-refractivity contribution in [2.75, 3.05) is 6.54 Å². The summed E-state index contributed by atoms with van der Waals surface area (Å²) in [4.78, 5) is 11.4. The molecule has 2 aromatic heterocycles. The highest BCUT2D eigenvalue weighted by Crippen LogP contribution is 2.20. The first kappa shape index (κ1) is 13.4. The first-order valence-corrected chi connectivity index (χ1v) is 6.44. The van der Waals surface area contributed by atoms with Crippen molar-refractivity contribution >= 4 is 5.91 Å². The number of rotatable bonds is 5. The summed E-state index contributed by atoms with van der Waals surface area (Å²) in [7, 11) is 0. The van der Waals surface area contributed by atoms with Gasteiger partial charge in [0.25, 0.3) is 0 Å². The lowest BCUT2D eigenvalue weighted by Gasteiger charge is -2.17. The molecule has 0 saturated carbocycles. The number of nitrogens with one attached hydrogen (secondary N) is 1. The topological polar surface area (TPSA) is 60.1 Å². The Morgan fingerprint density at radius 2 is 2.32 bits per heavy atom. The molecule has 5 heteroatoms. The van der Waals surface area contributed by atoms with Crippen molar-refractivity contribution in [1.82, 2.24) is 15.1 Å². The molecule has 2 heterocycles. The van der Waals surface area contributed by atoms with Crippen molar-refractivity contribution in [1.29, 1.82) is 0 Å². The van der Waals surface area contributed by atoms with E-state index in [0.29, 0.717) is 13.0 Å². The van der Waals surface area contributed by atoms with E-state index >= 15 is 0 Å². The van der Waals surface area contributed by atoms with Gasteiger partial charge in [0.05, 0.1) is 12.0 Å². The third-order valence-corrected chi connectivity index (χ3v) is 3.03. The zero-order valence-electron chi connectivity index (χ0n) is 11.5. The third kappa shape index (κ3) is 3.05. The van der Waals surface area contributed by atoms with Crippen LogP contribution in [0.25, 0.3) is 0 Å². The standard InChI is InChI=1S/C14H19N3O2/c1-4-14(18)15-9-12(13-6-5-7-19-13)17-11(3)8-10(2)16-17/h5-8,12H,4,9H2,1-3H3,(H,15,18). The molecule has 102 valence electrons. The number of hydrogen-bond acceptors (Lipinski definition) is 3. The Kier molecular flexibility index (Phi) is 4.04. The molecule has 0 aliphatic rings. The van der Waals surface area contributed by atoms with Crippen LogP contribution in [0.5, 0.6) is 0 Å². The number of hydrogen-bond donors (Lipinski definition) is 1. The minimum atomic E-state index is -0.112. The predicted octanol–water partition coefficient (Wildman–Crippen LogP) is 2.21. The molecule has 0 bridgehead atoms. The molecule has 0 spiro atoms. The van der Waals surface area contributed by atoms with Crippen molar-refractivity contribution in [3.8, 4) is 0 Å². The number of carbonyl (C=O) groups excluding carboxylic acids is 1. The van der Waals surface area contributed by atoms with Crippen LogP contribution in [0.4, 0.5) is 0 Å². The summed E-state index contributed by atoms with van der Waals surface area (Å²) < 4.78 is 7.36. The van der Waals surface area contributed by atoms with E-state index in [0.717, 1.165) is 17.1 Å². The van der Waals surface area contributed by atoms with Gasteiger partial charge in [-0.1, -0.05) is 6.92 Å². The third-order valence-electron chi connectivity index (χ3n) is 3.03. The quantitative estimate of drug-likeness (QED) is 0.897. The van der Waals surface area contributed by atoms with Gasteiger partial charge in [0.1, 0.15) is 11.8 Å². The second-order valence-corrected chi connectivity index (χ2v) is 4.56. The van der Waals surface area contributed by atoms with E-state index in [9.17, 15) is 4.79 Å². The molecule has 1 amide bonds. The molecule has 2 rings (SSSR count). The summed E-state index contributed by atoms with van der Waals surface area (Å²) in [5.74, 6) is 0.820. The molecule has 0 aliphatic carbocycles. The van der Waals surface area contributed by atoms with Gasteiger partial charge in [0, 0.05) is 18.7 Å². The van der Waals surface area contributed by atoms with Crippen LogP contribution in [0.2, 0.25) is 0 Å². The fourth-order valence-corrected chi connectivity index (χ4v) is 2.09. The first-order chi connectivity index (χ1) is 9.11. The van der Waals surface area contributed by atoms with Crippen molar-refractivity contribution in [3.05, 3.63) is 41.6 Å². The Balaban J connectivity index is 2.24. The van der Waals surface area contributed by atoms with E-state index in [1.807, 2.05) is 43.7 Å². The second-order valence-electron chi connectivity index (χ2n) is 4.56. The maximum absolute atomic E-state index is 11.4. The Morgan fingerprint density at radius 1 is 1.53 bits per heavy atom. The van der Waals surface area contributed by atoms with E-state index in [-0.39, 0.29) is 11.9 Å². The van der Waals surface area contributed by atoms with Gasteiger partial charge >= 0.3 is 0 Å². The number of nitrogens with zero attached hydrogens (tertiary/aromatic N) is 2. The minimum Gasteiger partial charge on any atom is -0.467 e. The molecule has 0 saturated heterocycles. The van der Waals surface area contributed by atoms with Crippen molar-refractivity contribution < 1.29 is 9.21 Å². The fourth-order valence-electron chi connectivity index (χ4n) is 2.09.